The highest BCUT2D eigenvalue weighted by Gasteiger charge is 2.13. The van der Waals surface area contributed by atoms with Crippen LogP contribution in [0, 0.1) is 0 Å². The number of imidazole rings is 1. The lowest BCUT2D eigenvalue weighted by molar-refractivity contribution is 0.0371. The van der Waals surface area contributed by atoms with E-state index in [0.29, 0.717) is 5.65 Å². The van der Waals surface area contributed by atoms with Crippen molar-refractivity contribution >= 4 is 11.6 Å². The summed E-state index contributed by atoms with van der Waals surface area (Å²) >= 11 is 0. The van der Waals surface area contributed by atoms with Gasteiger partial charge in [0.05, 0.1) is 12.3 Å². The maximum atomic E-state index is 11.5. The van der Waals surface area contributed by atoms with Crippen molar-refractivity contribution < 1.29 is 14.6 Å². The van der Waals surface area contributed by atoms with Crippen LogP contribution in [0.4, 0.5) is 0 Å². The lowest BCUT2D eigenvalue weighted by Gasteiger charge is -2.04. The number of carbonyl (C=O) groups is 1. The van der Waals surface area contributed by atoms with Gasteiger partial charge in [-0.05, 0) is 26.0 Å². The van der Waals surface area contributed by atoms with Crippen molar-refractivity contribution in [1.82, 2.24) is 9.38 Å². The summed E-state index contributed by atoms with van der Waals surface area (Å²) in [6.07, 6.45) is 2.83. The Morgan fingerprint density at radius 3 is 2.88 bits per heavy atom. The van der Waals surface area contributed by atoms with Gasteiger partial charge in [-0.2, -0.15) is 0 Å². The van der Waals surface area contributed by atoms with Crippen molar-refractivity contribution in [1.29, 1.82) is 0 Å². The fraction of sp³-hybridized carbons (Fsp3) is 0.273. The van der Waals surface area contributed by atoms with Crippen LogP contribution < -0.4 is 0 Å². The number of hydrogen-bond donors (Lipinski definition) is 1. The van der Waals surface area contributed by atoms with Gasteiger partial charge < -0.3 is 14.2 Å². The molecule has 0 aromatic carbocycles. The van der Waals surface area contributed by atoms with Crippen LogP contribution in [0.2, 0.25) is 0 Å². The summed E-state index contributed by atoms with van der Waals surface area (Å²) < 4.78 is 6.59. The van der Waals surface area contributed by atoms with Crippen LogP contribution in [0.1, 0.15) is 24.3 Å². The molecule has 84 valence electrons. The average molecular weight is 220 g/mol. The molecule has 0 spiro atoms. The zero-order valence-electron chi connectivity index (χ0n) is 9.04. The Kier molecular flexibility index (Phi) is 2.52. The molecule has 5 nitrogen and oxygen atoms in total. The second-order valence-corrected chi connectivity index (χ2v) is 3.73. The number of fused-ring (bicyclic) bond motifs is 1. The first kappa shape index (κ1) is 10.5. The molecule has 0 saturated heterocycles. The largest absolute Gasteiger partial charge is 0.506 e. The SMILES string of the molecule is CC(C)OC(=O)c1cn2cc(O)ccc2n1. The van der Waals surface area contributed by atoms with Gasteiger partial charge in [0.25, 0.3) is 0 Å². The van der Waals surface area contributed by atoms with E-state index in [9.17, 15) is 9.90 Å². The van der Waals surface area contributed by atoms with Crippen molar-refractivity contribution in [3.05, 3.63) is 30.2 Å². The molecule has 0 aliphatic carbocycles. The van der Waals surface area contributed by atoms with E-state index >= 15 is 0 Å². The van der Waals surface area contributed by atoms with Crippen molar-refractivity contribution in [2.45, 2.75) is 20.0 Å². The van der Waals surface area contributed by atoms with Crippen molar-refractivity contribution in [2.75, 3.05) is 0 Å². The Morgan fingerprint density at radius 1 is 1.44 bits per heavy atom. The Balaban J connectivity index is 2.36. The molecule has 5 heteroatoms. The van der Waals surface area contributed by atoms with Crippen LogP contribution in [0.3, 0.4) is 0 Å². The summed E-state index contributed by atoms with van der Waals surface area (Å²) in [7, 11) is 0. The van der Waals surface area contributed by atoms with Crippen molar-refractivity contribution in [2.24, 2.45) is 0 Å². The standard InChI is InChI=1S/C11H12N2O3/c1-7(2)16-11(15)9-6-13-5-8(14)3-4-10(13)12-9/h3-7,14H,1-2H3. The Morgan fingerprint density at radius 2 is 2.19 bits per heavy atom. The van der Waals surface area contributed by atoms with E-state index in [4.69, 9.17) is 4.74 Å². The topological polar surface area (TPSA) is 63.8 Å². The van der Waals surface area contributed by atoms with Gasteiger partial charge in [0.15, 0.2) is 5.69 Å². The number of aromatic nitrogens is 2. The van der Waals surface area contributed by atoms with E-state index in [1.165, 1.54) is 18.5 Å². The van der Waals surface area contributed by atoms with E-state index in [1.807, 2.05) is 0 Å². The first-order valence-corrected chi connectivity index (χ1v) is 4.95. The first-order chi connectivity index (χ1) is 7.56. The highest BCUT2D eigenvalue weighted by Crippen LogP contribution is 2.12. The van der Waals surface area contributed by atoms with E-state index in [0.717, 1.165) is 0 Å². The fourth-order valence-electron chi connectivity index (χ4n) is 1.35. The first-order valence-electron chi connectivity index (χ1n) is 4.95. The summed E-state index contributed by atoms with van der Waals surface area (Å²) in [6.45, 7) is 3.55. The van der Waals surface area contributed by atoms with Gasteiger partial charge in [-0.3, -0.25) is 0 Å². The molecule has 2 aromatic heterocycles. The number of aromatic hydroxyl groups is 1. The number of esters is 1. The lowest BCUT2D eigenvalue weighted by atomic mass is 10.4. The smallest absolute Gasteiger partial charge is 0.358 e. The third-order valence-electron chi connectivity index (χ3n) is 1.99. The molecule has 16 heavy (non-hydrogen) atoms. The van der Waals surface area contributed by atoms with Gasteiger partial charge in [-0.1, -0.05) is 0 Å². The number of ether oxygens (including phenoxy) is 1. The number of carbonyl (C=O) groups excluding carboxylic acids is 1. The fourth-order valence-corrected chi connectivity index (χ4v) is 1.35. The van der Waals surface area contributed by atoms with Gasteiger partial charge >= 0.3 is 5.97 Å². The molecule has 0 aliphatic heterocycles. The summed E-state index contributed by atoms with van der Waals surface area (Å²) in [6, 6.07) is 3.14. The van der Waals surface area contributed by atoms with Gasteiger partial charge in [0, 0.05) is 6.20 Å². The molecule has 0 radical (unpaired) electrons. The third-order valence-corrected chi connectivity index (χ3v) is 1.99. The third kappa shape index (κ3) is 1.98. The molecule has 1 N–H and O–H groups in total. The van der Waals surface area contributed by atoms with Gasteiger partial charge in [0.1, 0.15) is 11.4 Å². The maximum Gasteiger partial charge on any atom is 0.358 e. The quantitative estimate of drug-likeness (QED) is 0.781. The molecule has 0 saturated carbocycles. The van der Waals surface area contributed by atoms with Crippen LogP contribution in [0.25, 0.3) is 5.65 Å². The molecule has 2 aromatic rings. The predicted octanol–water partition coefficient (Wildman–Crippen LogP) is 1.61. The van der Waals surface area contributed by atoms with Gasteiger partial charge in [0.2, 0.25) is 0 Å². The monoisotopic (exact) mass is 220 g/mol. The maximum absolute atomic E-state index is 11.5. The van der Waals surface area contributed by atoms with E-state index < -0.39 is 5.97 Å². The Hall–Kier alpha value is -2.04. The molecule has 2 rings (SSSR count). The highest BCUT2D eigenvalue weighted by molar-refractivity contribution is 5.88. The van der Waals surface area contributed by atoms with E-state index in [1.54, 1.807) is 24.3 Å². The van der Waals surface area contributed by atoms with Crippen molar-refractivity contribution in [3.63, 3.8) is 0 Å². The minimum atomic E-state index is -0.460. The Labute approximate surface area is 92.3 Å². The highest BCUT2D eigenvalue weighted by atomic mass is 16.5. The zero-order chi connectivity index (χ0) is 11.7. The summed E-state index contributed by atoms with van der Waals surface area (Å²) in [5, 5.41) is 9.26. The van der Waals surface area contributed by atoms with Gasteiger partial charge in [-0.25, -0.2) is 9.78 Å². The van der Waals surface area contributed by atoms with E-state index in [-0.39, 0.29) is 17.5 Å². The number of rotatable bonds is 2. The van der Waals surface area contributed by atoms with Crippen LogP contribution in [0.5, 0.6) is 5.75 Å². The lowest BCUT2D eigenvalue weighted by Crippen LogP contribution is -2.11. The number of nitrogens with zero attached hydrogens (tertiary/aromatic N) is 2. The zero-order valence-corrected chi connectivity index (χ0v) is 9.04. The van der Waals surface area contributed by atoms with Crippen LogP contribution in [0.15, 0.2) is 24.5 Å². The minimum Gasteiger partial charge on any atom is -0.506 e. The number of hydrogen-bond acceptors (Lipinski definition) is 4. The second-order valence-electron chi connectivity index (χ2n) is 3.73. The average Bonchev–Trinajstić information content (AvgIpc) is 2.59. The molecule has 0 aliphatic rings. The molecular formula is C11H12N2O3. The predicted molar refractivity (Wildman–Crippen MR) is 57.4 cm³/mol. The summed E-state index contributed by atoms with van der Waals surface area (Å²) in [5.74, 6) is -0.341. The molecule has 0 fully saturated rings. The molecular weight excluding hydrogens is 208 g/mol. The van der Waals surface area contributed by atoms with Crippen LogP contribution in [-0.4, -0.2) is 26.6 Å². The van der Waals surface area contributed by atoms with Crippen LogP contribution >= 0.6 is 0 Å². The summed E-state index contributed by atoms with van der Waals surface area (Å²) in [4.78, 5) is 15.6. The molecule has 0 atom stereocenters. The molecule has 0 bridgehead atoms. The number of pyridine rings is 1. The summed E-state index contributed by atoms with van der Waals surface area (Å²) in [5.41, 5.74) is 0.827. The Bertz CT molecular complexity index is 531. The van der Waals surface area contributed by atoms with Crippen LogP contribution in [-0.2, 0) is 4.74 Å². The minimum absolute atomic E-state index is 0.119. The van der Waals surface area contributed by atoms with Gasteiger partial charge in [-0.15, -0.1) is 0 Å². The molecule has 2 heterocycles. The molecule has 0 unspecified atom stereocenters. The second kappa shape index (κ2) is 3.84. The molecule has 0 amide bonds. The van der Waals surface area contributed by atoms with Crippen molar-refractivity contribution in [3.8, 4) is 5.75 Å². The van der Waals surface area contributed by atoms with E-state index in [2.05, 4.69) is 4.98 Å². The normalized spacial score (nSPS) is 10.9.